The van der Waals surface area contributed by atoms with Crippen LogP contribution >= 0.6 is 0 Å². The van der Waals surface area contributed by atoms with E-state index in [1.165, 1.54) is 0 Å². The third-order valence-electron chi connectivity index (χ3n) is 3.76. The zero-order chi connectivity index (χ0) is 16.1. The Hall–Kier alpha value is -2.69. The maximum absolute atomic E-state index is 11.9. The van der Waals surface area contributed by atoms with Gasteiger partial charge in [-0.2, -0.15) is 0 Å². The lowest BCUT2D eigenvalue weighted by atomic mass is 10.1. The summed E-state index contributed by atoms with van der Waals surface area (Å²) in [7, 11) is 0. The molecule has 1 aliphatic heterocycles. The van der Waals surface area contributed by atoms with Gasteiger partial charge in [-0.3, -0.25) is 0 Å². The Morgan fingerprint density at radius 3 is 2.65 bits per heavy atom. The zero-order valence-corrected chi connectivity index (χ0v) is 13.0. The Balaban J connectivity index is 1.44. The molecule has 0 bridgehead atoms. The zero-order valence-electron chi connectivity index (χ0n) is 13.0. The van der Waals surface area contributed by atoms with Crippen LogP contribution < -0.4 is 20.1 Å². The van der Waals surface area contributed by atoms with Gasteiger partial charge < -0.3 is 20.1 Å². The molecule has 0 saturated carbocycles. The Morgan fingerprint density at radius 2 is 1.83 bits per heavy atom. The number of aryl methyl sites for hydroxylation is 1. The molecule has 0 unspecified atom stereocenters. The summed E-state index contributed by atoms with van der Waals surface area (Å²) in [4.78, 5) is 11.9. The average molecular weight is 312 g/mol. The van der Waals surface area contributed by atoms with Crippen LogP contribution in [0.1, 0.15) is 11.1 Å². The molecular weight excluding hydrogens is 292 g/mol. The number of hydrogen-bond donors (Lipinski definition) is 2. The highest BCUT2D eigenvalue weighted by atomic mass is 16.6. The van der Waals surface area contributed by atoms with Gasteiger partial charge in [0.2, 0.25) is 0 Å². The second-order valence-corrected chi connectivity index (χ2v) is 5.49. The van der Waals surface area contributed by atoms with Crippen LogP contribution in [-0.4, -0.2) is 25.3 Å². The number of para-hydroxylation sites is 2. The Bertz CT molecular complexity index is 687. The van der Waals surface area contributed by atoms with Crippen LogP contribution in [-0.2, 0) is 6.54 Å². The van der Waals surface area contributed by atoms with Crippen molar-refractivity contribution >= 4 is 6.03 Å². The second-order valence-electron chi connectivity index (χ2n) is 5.49. The highest BCUT2D eigenvalue weighted by Gasteiger charge is 2.20. The largest absolute Gasteiger partial charge is 0.486 e. The molecule has 5 nitrogen and oxygen atoms in total. The molecule has 0 saturated heterocycles. The minimum absolute atomic E-state index is 0.186. The van der Waals surface area contributed by atoms with Crippen molar-refractivity contribution < 1.29 is 14.3 Å². The van der Waals surface area contributed by atoms with Gasteiger partial charge in [-0.05, 0) is 30.2 Å². The van der Waals surface area contributed by atoms with E-state index in [1.807, 2.05) is 55.5 Å². The number of hydrogen-bond acceptors (Lipinski definition) is 3. The standard InChI is InChI=1S/C18H20N2O3/c1-13-6-2-3-7-14(13)10-19-18(21)20-11-15-12-22-16-8-4-5-9-17(16)23-15/h2-9,15H,10-12H2,1H3,(H2,19,20,21)/t15-/m0/s1. The number of benzene rings is 2. The van der Waals surface area contributed by atoms with E-state index in [0.717, 1.165) is 16.9 Å². The molecule has 2 N–H and O–H groups in total. The molecule has 2 aromatic carbocycles. The first kappa shape index (κ1) is 15.2. The maximum atomic E-state index is 11.9. The highest BCUT2D eigenvalue weighted by molar-refractivity contribution is 5.73. The molecule has 0 radical (unpaired) electrons. The van der Waals surface area contributed by atoms with Crippen LogP contribution in [0.4, 0.5) is 4.79 Å². The summed E-state index contributed by atoms with van der Waals surface area (Å²) in [5.74, 6) is 1.46. The number of carbonyl (C=O) groups excluding carboxylic acids is 1. The van der Waals surface area contributed by atoms with Crippen LogP contribution in [0.5, 0.6) is 11.5 Å². The quantitative estimate of drug-likeness (QED) is 0.912. The fourth-order valence-corrected chi connectivity index (χ4v) is 2.42. The SMILES string of the molecule is Cc1ccccc1CNC(=O)NC[C@H]1COc2ccccc2O1. The summed E-state index contributed by atoms with van der Waals surface area (Å²) >= 11 is 0. The van der Waals surface area contributed by atoms with Crippen molar-refractivity contribution in [1.82, 2.24) is 10.6 Å². The molecule has 0 fully saturated rings. The van der Waals surface area contributed by atoms with E-state index in [0.29, 0.717) is 25.4 Å². The lowest BCUT2D eigenvalue weighted by molar-refractivity contribution is 0.0918. The van der Waals surface area contributed by atoms with Crippen LogP contribution in [0.2, 0.25) is 0 Å². The molecule has 23 heavy (non-hydrogen) atoms. The minimum Gasteiger partial charge on any atom is -0.486 e. The number of amides is 2. The molecule has 120 valence electrons. The van der Waals surface area contributed by atoms with Crippen molar-refractivity contribution in [3.8, 4) is 11.5 Å². The van der Waals surface area contributed by atoms with E-state index in [9.17, 15) is 4.79 Å². The van der Waals surface area contributed by atoms with Crippen LogP contribution in [0.15, 0.2) is 48.5 Å². The van der Waals surface area contributed by atoms with E-state index >= 15 is 0 Å². The predicted molar refractivity (Wildman–Crippen MR) is 87.8 cm³/mol. The summed E-state index contributed by atoms with van der Waals surface area (Å²) in [6.45, 7) is 3.35. The minimum atomic E-state index is -0.212. The molecule has 0 spiro atoms. The highest BCUT2D eigenvalue weighted by Crippen LogP contribution is 2.30. The molecule has 2 amide bonds. The summed E-state index contributed by atoms with van der Waals surface area (Å²) in [5.41, 5.74) is 2.27. The normalized spacial score (nSPS) is 15.8. The second kappa shape index (κ2) is 7.05. The molecule has 0 aromatic heterocycles. The summed E-state index contributed by atoms with van der Waals surface area (Å²) < 4.78 is 11.4. The molecule has 1 heterocycles. The molecule has 3 rings (SSSR count). The van der Waals surface area contributed by atoms with Crippen molar-refractivity contribution in [2.75, 3.05) is 13.2 Å². The topological polar surface area (TPSA) is 59.6 Å². The van der Waals surface area contributed by atoms with Gasteiger partial charge in [0, 0.05) is 6.54 Å². The van der Waals surface area contributed by atoms with Gasteiger partial charge in [-0.1, -0.05) is 36.4 Å². The van der Waals surface area contributed by atoms with Gasteiger partial charge in [0.15, 0.2) is 17.6 Å². The van der Waals surface area contributed by atoms with E-state index in [4.69, 9.17) is 9.47 Å². The molecule has 1 atom stereocenters. The van der Waals surface area contributed by atoms with Gasteiger partial charge in [0.1, 0.15) is 6.61 Å². The molecule has 0 aliphatic carbocycles. The number of fused-ring (bicyclic) bond motifs is 1. The maximum Gasteiger partial charge on any atom is 0.315 e. The molecule has 5 heteroatoms. The number of carbonyl (C=O) groups is 1. The van der Waals surface area contributed by atoms with E-state index < -0.39 is 0 Å². The van der Waals surface area contributed by atoms with Crippen LogP contribution in [0.3, 0.4) is 0 Å². The van der Waals surface area contributed by atoms with Crippen molar-refractivity contribution in [3.63, 3.8) is 0 Å². The van der Waals surface area contributed by atoms with Crippen LogP contribution in [0, 0.1) is 6.92 Å². The Morgan fingerprint density at radius 1 is 1.09 bits per heavy atom. The van der Waals surface area contributed by atoms with Gasteiger partial charge >= 0.3 is 6.03 Å². The Labute approximate surface area is 135 Å². The smallest absolute Gasteiger partial charge is 0.315 e. The fraction of sp³-hybridized carbons (Fsp3) is 0.278. The van der Waals surface area contributed by atoms with E-state index in [2.05, 4.69) is 10.6 Å². The van der Waals surface area contributed by atoms with Crippen molar-refractivity contribution in [2.24, 2.45) is 0 Å². The van der Waals surface area contributed by atoms with Crippen LogP contribution in [0.25, 0.3) is 0 Å². The van der Waals surface area contributed by atoms with Gasteiger partial charge in [0.25, 0.3) is 0 Å². The van der Waals surface area contributed by atoms with E-state index in [1.54, 1.807) is 0 Å². The third-order valence-corrected chi connectivity index (χ3v) is 3.76. The van der Waals surface area contributed by atoms with Gasteiger partial charge in [0.05, 0.1) is 6.54 Å². The first-order valence-electron chi connectivity index (χ1n) is 7.67. The number of urea groups is 1. The van der Waals surface area contributed by atoms with Crippen molar-refractivity contribution in [1.29, 1.82) is 0 Å². The first-order valence-corrected chi connectivity index (χ1v) is 7.67. The molecule has 1 aliphatic rings. The van der Waals surface area contributed by atoms with Gasteiger partial charge in [-0.15, -0.1) is 0 Å². The third kappa shape index (κ3) is 3.94. The molecule has 2 aromatic rings. The first-order chi connectivity index (χ1) is 11.2. The lowest BCUT2D eigenvalue weighted by Gasteiger charge is -2.26. The predicted octanol–water partition coefficient (Wildman–Crippen LogP) is 2.63. The van der Waals surface area contributed by atoms with Crippen molar-refractivity contribution in [3.05, 3.63) is 59.7 Å². The fourth-order valence-electron chi connectivity index (χ4n) is 2.42. The Kier molecular flexibility index (Phi) is 4.66. The summed E-state index contributed by atoms with van der Waals surface area (Å²) in [5, 5.41) is 5.67. The lowest BCUT2D eigenvalue weighted by Crippen LogP contribution is -2.44. The monoisotopic (exact) mass is 312 g/mol. The average Bonchev–Trinajstić information content (AvgIpc) is 2.59. The summed E-state index contributed by atoms with van der Waals surface area (Å²) in [6, 6.07) is 15.3. The number of nitrogens with one attached hydrogen (secondary N) is 2. The summed E-state index contributed by atoms with van der Waals surface area (Å²) in [6.07, 6.45) is -0.186. The van der Waals surface area contributed by atoms with Gasteiger partial charge in [-0.25, -0.2) is 4.79 Å². The number of ether oxygens (including phenoxy) is 2. The van der Waals surface area contributed by atoms with E-state index in [-0.39, 0.29) is 12.1 Å². The number of rotatable bonds is 4. The molecular formula is C18H20N2O3. The van der Waals surface area contributed by atoms with Crippen molar-refractivity contribution in [2.45, 2.75) is 19.6 Å².